The molecule has 156 valence electrons. The van der Waals surface area contributed by atoms with E-state index in [1.54, 1.807) is 22.7 Å². The zero-order valence-corrected chi connectivity index (χ0v) is 17.9. The smallest absolute Gasteiger partial charge is 0.230 e. The van der Waals surface area contributed by atoms with E-state index in [-0.39, 0.29) is 24.8 Å². The van der Waals surface area contributed by atoms with Crippen LogP contribution in [0.4, 0.5) is 0 Å². The predicted molar refractivity (Wildman–Crippen MR) is 115 cm³/mol. The highest BCUT2D eigenvalue weighted by Gasteiger charge is 2.44. The number of aliphatic hydroxyl groups is 1. The summed E-state index contributed by atoms with van der Waals surface area (Å²) in [6.07, 6.45) is 1.70. The lowest BCUT2D eigenvalue weighted by molar-refractivity contribution is -0.121. The van der Waals surface area contributed by atoms with Gasteiger partial charge >= 0.3 is 0 Å². The van der Waals surface area contributed by atoms with Crippen molar-refractivity contribution in [3.63, 3.8) is 0 Å². The number of benzene rings is 1. The molecule has 0 unspecified atom stereocenters. The second-order valence-electron chi connectivity index (χ2n) is 7.40. The molecule has 10 heteroatoms. The van der Waals surface area contributed by atoms with Gasteiger partial charge in [0.25, 0.3) is 0 Å². The summed E-state index contributed by atoms with van der Waals surface area (Å²) in [4.78, 5) is 18.7. The summed E-state index contributed by atoms with van der Waals surface area (Å²) in [7, 11) is 0. The summed E-state index contributed by atoms with van der Waals surface area (Å²) in [6.45, 7) is 0.0463. The van der Waals surface area contributed by atoms with Gasteiger partial charge in [0.05, 0.1) is 29.3 Å². The molecule has 31 heavy (non-hydrogen) atoms. The maximum Gasteiger partial charge on any atom is 0.230 e. The van der Waals surface area contributed by atoms with Gasteiger partial charge in [0, 0.05) is 9.75 Å². The normalized spacial score (nSPS) is 14.5. The van der Waals surface area contributed by atoms with Crippen LogP contribution < -0.4 is 5.32 Å². The van der Waals surface area contributed by atoms with E-state index in [9.17, 15) is 9.90 Å². The van der Waals surface area contributed by atoms with E-state index >= 15 is 0 Å². The molecule has 1 aromatic carbocycles. The number of carbonyl (C=O) groups is 1. The van der Waals surface area contributed by atoms with Gasteiger partial charge < -0.3 is 14.8 Å². The van der Waals surface area contributed by atoms with E-state index < -0.39 is 5.54 Å². The molecule has 1 aliphatic carbocycles. The number of hydrogen-bond acceptors (Lipinski definition) is 9. The summed E-state index contributed by atoms with van der Waals surface area (Å²) < 4.78 is 6.66. The molecule has 1 fully saturated rings. The first kappa shape index (κ1) is 19.8. The molecule has 1 amide bonds. The molecule has 1 saturated carbocycles. The van der Waals surface area contributed by atoms with Crippen molar-refractivity contribution in [3.8, 4) is 16.5 Å². The molecule has 0 radical (unpaired) electrons. The number of fused-ring (bicyclic) bond motifs is 1. The first-order valence-corrected chi connectivity index (χ1v) is 11.3. The van der Waals surface area contributed by atoms with Crippen molar-refractivity contribution in [2.75, 3.05) is 0 Å². The molecular formula is C21H17N5O3S2. The Kier molecular flexibility index (Phi) is 5.02. The molecule has 3 heterocycles. The SMILES string of the molecule is N#CC1(NC(=O)Cc2nnc(Cc3nc4ccc(-c5ccc(CO)s5)cc4s3)o2)CC1. The van der Waals surface area contributed by atoms with Crippen molar-refractivity contribution in [2.45, 2.75) is 37.8 Å². The Morgan fingerprint density at radius 2 is 2.06 bits per heavy atom. The molecule has 0 atom stereocenters. The minimum atomic E-state index is -0.706. The van der Waals surface area contributed by atoms with Gasteiger partial charge in [0.1, 0.15) is 17.0 Å². The third-order valence-corrected chi connectivity index (χ3v) is 7.14. The number of rotatable bonds is 7. The molecule has 0 saturated heterocycles. The Hall–Kier alpha value is -3.13. The van der Waals surface area contributed by atoms with E-state index in [0.29, 0.717) is 25.2 Å². The fourth-order valence-corrected chi connectivity index (χ4v) is 5.08. The molecule has 1 aliphatic rings. The zero-order chi connectivity index (χ0) is 21.4. The molecule has 0 aliphatic heterocycles. The van der Waals surface area contributed by atoms with Crippen LogP contribution in [0.25, 0.3) is 20.7 Å². The van der Waals surface area contributed by atoms with Crippen LogP contribution in [0.15, 0.2) is 34.7 Å². The fourth-order valence-electron chi connectivity index (χ4n) is 3.22. The summed E-state index contributed by atoms with van der Waals surface area (Å²) in [5, 5.41) is 29.9. The largest absolute Gasteiger partial charge is 0.424 e. The van der Waals surface area contributed by atoms with Gasteiger partial charge in [-0.3, -0.25) is 4.79 Å². The van der Waals surface area contributed by atoms with E-state index in [2.05, 4.69) is 32.6 Å². The van der Waals surface area contributed by atoms with E-state index in [1.807, 2.05) is 24.3 Å². The molecule has 8 nitrogen and oxygen atoms in total. The number of aromatic nitrogens is 3. The molecule has 0 spiro atoms. The van der Waals surface area contributed by atoms with Crippen LogP contribution in [-0.2, 0) is 24.2 Å². The number of nitrogens with zero attached hydrogens (tertiary/aromatic N) is 4. The lowest BCUT2D eigenvalue weighted by Gasteiger charge is -2.06. The van der Waals surface area contributed by atoms with Gasteiger partial charge in [0.2, 0.25) is 17.7 Å². The molecule has 5 rings (SSSR count). The van der Waals surface area contributed by atoms with E-state index in [4.69, 9.17) is 9.68 Å². The van der Waals surface area contributed by atoms with Crippen LogP contribution in [0.1, 0.15) is 34.5 Å². The van der Waals surface area contributed by atoms with Crippen molar-refractivity contribution in [3.05, 3.63) is 52.0 Å². The monoisotopic (exact) mass is 451 g/mol. The first-order chi connectivity index (χ1) is 15.1. The van der Waals surface area contributed by atoms with Crippen molar-refractivity contribution in [1.82, 2.24) is 20.5 Å². The van der Waals surface area contributed by atoms with Gasteiger partial charge in [0.15, 0.2) is 0 Å². The van der Waals surface area contributed by atoms with Crippen molar-refractivity contribution >= 4 is 38.8 Å². The van der Waals surface area contributed by atoms with Crippen LogP contribution in [0, 0.1) is 11.3 Å². The Morgan fingerprint density at radius 3 is 2.81 bits per heavy atom. The fraction of sp³-hybridized carbons (Fsp3) is 0.286. The summed E-state index contributed by atoms with van der Waals surface area (Å²) in [5.74, 6) is 0.330. The van der Waals surface area contributed by atoms with Gasteiger partial charge in [-0.15, -0.1) is 32.9 Å². The number of nitrogens with one attached hydrogen (secondary N) is 1. The number of thiophene rings is 1. The quantitative estimate of drug-likeness (QED) is 0.442. The van der Waals surface area contributed by atoms with Crippen LogP contribution >= 0.6 is 22.7 Å². The Balaban J connectivity index is 1.27. The minimum Gasteiger partial charge on any atom is -0.424 e. The minimum absolute atomic E-state index is 0.0454. The van der Waals surface area contributed by atoms with Gasteiger partial charge in [-0.05, 0) is 42.7 Å². The molecule has 0 bridgehead atoms. The lowest BCUT2D eigenvalue weighted by atomic mass is 10.2. The van der Waals surface area contributed by atoms with Crippen LogP contribution in [-0.4, -0.2) is 31.7 Å². The van der Waals surface area contributed by atoms with E-state index in [0.717, 1.165) is 30.5 Å². The average Bonchev–Trinajstić information content (AvgIpc) is 3.13. The van der Waals surface area contributed by atoms with E-state index in [1.165, 1.54) is 0 Å². The van der Waals surface area contributed by atoms with Gasteiger partial charge in [-0.2, -0.15) is 5.26 Å². The number of hydrogen-bond donors (Lipinski definition) is 2. The average molecular weight is 452 g/mol. The number of thiazole rings is 1. The van der Waals surface area contributed by atoms with Gasteiger partial charge in [-0.25, -0.2) is 4.98 Å². The second-order valence-corrected chi connectivity index (χ2v) is 9.68. The second kappa shape index (κ2) is 7.85. The first-order valence-electron chi connectivity index (χ1n) is 9.69. The maximum absolute atomic E-state index is 12.1. The topological polar surface area (TPSA) is 125 Å². The maximum atomic E-state index is 12.1. The molecule has 3 aromatic heterocycles. The summed E-state index contributed by atoms with van der Waals surface area (Å²) >= 11 is 3.13. The Bertz CT molecular complexity index is 1310. The van der Waals surface area contributed by atoms with Gasteiger partial charge in [-0.1, -0.05) is 6.07 Å². The zero-order valence-electron chi connectivity index (χ0n) is 16.3. The molecule has 2 N–H and O–H groups in total. The third kappa shape index (κ3) is 4.20. The number of carbonyl (C=O) groups excluding carboxylic acids is 1. The Morgan fingerprint density at radius 1 is 1.23 bits per heavy atom. The highest BCUT2D eigenvalue weighted by Crippen LogP contribution is 2.34. The summed E-state index contributed by atoms with van der Waals surface area (Å²) in [5.41, 5.74) is 1.28. The van der Waals surface area contributed by atoms with Crippen LogP contribution in [0.2, 0.25) is 0 Å². The third-order valence-electron chi connectivity index (χ3n) is 5.00. The standard InChI is InChI=1S/C21H17N5O3S2/c22-11-21(5-6-21)24-17(28)8-18-25-26-19(29-18)9-20-23-14-3-1-12(7-16(14)31-20)15-4-2-13(10-27)30-15/h1-4,7,27H,5-6,8-10H2,(H,24,28). The van der Waals surface area contributed by atoms with Crippen molar-refractivity contribution in [1.29, 1.82) is 5.26 Å². The highest BCUT2D eigenvalue weighted by molar-refractivity contribution is 7.18. The molecular weight excluding hydrogens is 434 g/mol. The highest BCUT2D eigenvalue weighted by atomic mass is 32.1. The lowest BCUT2D eigenvalue weighted by Crippen LogP contribution is -2.36. The van der Waals surface area contributed by atoms with Crippen LogP contribution in [0.5, 0.6) is 0 Å². The Labute approximate surface area is 185 Å². The number of nitriles is 1. The predicted octanol–water partition coefficient (Wildman–Crippen LogP) is 3.21. The number of amides is 1. The number of aliphatic hydroxyl groups excluding tert-OH is 1. The van der Waals surface area contributed by atoms with Crippen molar-refractivity contribution < 1.29 is 14.3 Å². The molecule has 4 aromatic rings. The van der Waals surface area contributed by atoms with Crippen molar-refractivity contribution in [2.24, 2.45) is 0 Å². The summed E-state index contributed by atoms with van der Waals surface area (Å²) in [6, 6.07) is 12.2. The van der Waals surface area contributed by atoms with Crippen LogP contribution in [0.3, 0.4) is 0 Å².